The molecule has 2 aromatic carbocycles. The largest absolute Gasteiger partial charge is 0.354 e. The van der Waals surface area contributed by atoms with E-state index in [0.717, 1.165) is 19.4 Å². The maximum Gasteiger partial charge on any atom is 0.269 e. The number of carbonyl (C=O) groups excluding carboxylic acids is 1. The van der Waals surface area contributed by atoms with Crippen LogP contribution in [0, 0.1) is 0 Å². The van der Waals surface area contributed by atoms with Crippen LogP contribution >= 0.6 is 0 Å². The van der Waals surface area contributed by atoms with Crippen LogP contribution in [0.5, 0.6) is 0 Å². The first-order valence-electron chi connectivity index (χ1n) is 8.49. The third-order valence-corrected chi connectivity index (χ3v) is 6.38. The molecule has 0 unspecified atom stereocenters. The Morgan fingerprint density at radius 3 is 2.27 bits per heavy atom. The van der Waals surface area contributed by atoms with Gasteiger partial charge in [0, 0.05) is 31.6 Å². The van der Waals surface area contributed by atoms with Crippen LogP contribution in [0.2, 0.25) is 0 Å². The molecule has 1 fully saturated rings. The van der Waals surface area contributed by atoms with Crippen LogP contribution in [0.25, 0.3) is 10.9 Å². The van der Waals surface area contributed by atoms with E-state index in [1.54, 1.807) is 48.5 Å². The van der Waals surface area contributed by atoms with Crippen molar-refractivity contribution in [2.75, 3.05) is 31.1 Å². The van der Waals surface area contributed by atoms with Gasteiger partial charge in [0.2, 0.25) is 0 Å². The average Bonchev–Trinajstić information content (AvgIpc) is 3.04. The van der Waals surface area contributed by atoms with Crippen LogP contribution < -0.4 is 10.2 Å². The Balaban J connectivity index is 2.06. The molecule has 6 nitrogen and oxygen atoms in total. The van der Waals surface area contributed by atoms with E-state index in [0.29, 0.717) is 35.4 Å². The smallest absolute Gasteiger partial charge is 0.269 e. The van der Waals surface area contributed by atoms with E-state index in [9.17, 15) is 13.2 Å². The highest BCUT2D eigenvalue weighted by atomic mass is 32.2. The molecule has 1 saturated heterocycles. The van der Waals surface area contributed by atoms with Crippen molar-refractivity contribution in [3.05, 3.63) is 60.2 Å². The monoisotopic (exact) mass is 369 g/mol. The minimum Gasteiger partial charge on any atom is -0.354 e. The molecule has 1 aliphatic rings. The zero-order valence-corrected chi connectivity index (χ0v) is 14.9. The molecule has 0 bridgehead atoms. The molecule has 0 amide bonds. The molecule has 0 spiro atoms. The van der Waals surface area contributed by atoms with Gasteiger partial charge in [-0.15, -0.1) is 0 Å². The lowest BCUT2D eigenvalue weighted by Gasteiger charge is -2.30. The number of aromatic nitrogens is 1. The van der Waals surface area contributed by atoms with Gasteiger partial charge in [0.05, 0.1) is 16.0 Å². The third kappa shape index (κ3) is 2.60. The summed E-state index contributed by atoms with van der Waals surface area (Å²) < 4.78 is 28.2. The number of hydrogen-bond donors (Lipinski definition) is 1. The van der Waals surface area contributed by atoms with Gasteiger partial charge < -0.3 is 10.2 Å². The normalized spacial score (nSPS) is 15.3. The van der Waals surface area contributed by atoms with Gasteiger partial charge in [-0.05, 0) is 18.2 Å². The summed E-state index contributed by atoms with van der Waals surface area (Å²) in [6, 6.07) is 15.5. The Hall–Kier alpha value is -2.64. The third-order valence-electron chi connectivity index (χ3n) is 4.66. The number of fused-ring (bicyclic) bond motifs is 1. The maximum absolute atomic E-state index is 13.4. The van der Waals surface area contributed by atoms with E-state index in [-0.39, 0.29) is 4.90 Å². The number of nitrogens with zero attached hydrogens (tertiary/aromatic N) is 2. The lowest BCUT2D eigenvalue weighted by Crippen LogP contribution is -2.45. The van der Waals surface area contributed by atoms with Crippen molar-refractivity contribution in [1.29, 1.82) is 0 Å². The Bertz CT molecular complexity index is 1050. The van der Waals surface area contributed by atoms with E-state index in [1.165, 1.54) is 3.97 Å². The van der Waals surface area contributed by atoms with E-state index >= 15 is 0 Å². The number of piperazine rings is 1. The highest BCUT2D eigenvalue weighted by molar-refractivity contribution is 7.90. The van der Waals surface area contributed by atoms with Gasteiger partial charge in [-0.3, -0.25) is 4.79 Å². The Morgan fingerprint density at radius 2 is 1.58 bits per heavy atom. The first-order chi connectivity index (χ1) is 12.6. The summed E-state index contributed by atoms with van der Waals surface area (Å²) in [4.78, 5) is 14.1. The van der Waals surface area contributed by atoms with Crippen LogP contribution in [0.1, 0.15) is 10.4 Å². The first kappa shape index (κ1) is 16.8. The number of carbonyl (C=O) groups is 1. The number of benzene rings is 2. The van der Waals surface area contributed by atoms with Crippen molar-refractivity contribution in [1.82, 2.24) is 9.29 Å². The SMILES string of the molecule is O=Cc1c(N2CCNCC2)n(S(=O)(=O)c2ccccc2)c2ccccc12. The van der Waals surface area contributed by atoms with E-state index in [2.05, 4.69) is 5.32 Å². The second-order valence-corrected chi connectivity index (χ2v) is 7.98. The van der Waals surface area contributed by atoms with E-state index in [4.69, 9.17) is 0 Å². The number of nitrogens with one attached hydrogen (secondary N) is 1. The lowest BCUT2D eigenvalue weighted by molar-refractivity contribution is 0.112. The molecule has 26 heavy (non-hydrogen) atoms. The van der Waals surface area contributed by atoms with Gasteiger partial charge in [0.1, 0.15) is 5.82 Å². The summed E-state index contributed by atoms with van der Waals surface area (Å²) >= 11 is 0. The van der Waals surface area contributed by atoms with E-state index < -0.39 is 10.0 Å². The van der Waals surface area contributed by atoms with Crippen molar-refractivity contribution in [2.24, 2.45) is 0 Å². The molecule has 7 heteroatoms. The fraction of sp³-hybridized carbons (Fsp3) is 0.211. The molecule has 0 saturated carbocycles. The van der Waals surface area contributed by atoms with Crippen LogP contribution in [0.15, 0.2) is 59.5 Å². The van der Waals surface area contributed by atoms with Gasteiger partial charge in [0.25, 0.3) is 10.0 Å². The molecule has 1 aliphatic heterocycles. The zero-order chi connectivity index (χ0) is 18.1. The topological polar surface area (TPSA) is 71.4 Å². The fourth-order valence-corrected chi connectivity index (χ4v) is 5.03. The summed E-state index contributed by atoms with van der Waals surface area (Å²) in [5.74, 6) is 0.451. The van der Waals surface area contributed by atoms with Crippen LogP contribution in [-0.2, 0) is 10.0 Å². The van der Waals surface area contributed by atoms with Gasteiger partial charge in [-0.25, -0.2) is 12.4 Å². The molecule has 0 atom stereocenters. The zero-order valence-electron chi connectivity index (χ0n) is 14.1. The Labute approximate surface area is 152 Å². The van der Waals surface area contributed by atoms with Crippen molar-refractivity contribution in [3.8, 4) is 0 Å². The van der Waals surface area contributed by atoms with Gasteiger partial charge in [-0.2, -0.15) is 0 Å². The summed E-state index contributed by atoms with van der Waals surface area (Å²) in [7, 11) is -3.84. The van der Waals surface area contributed by atoms with Gasteiger partial charge in [-0.1, -0.05) is 36.4 Å². The predicted molar refractivity (Wildman–Crippen MR) is 101 cm³/mol. The second kappa shape index (κ2) is 6.59. The number of rotatable bonds is 4. The maximum atomic E-state index is 13.4. The fourth-order valence-electron chi connectivity index (χ4n) is 3.46. The van der Waals surface area contributed by atoms with Gasteiger partial charge >= 0.3 is 0 Å². The number of anilines is 1. The first-order valence-corrected chi connectivity index (χ1v) is 9.93. The molecule has 0 aliphatic carbocycles. The standard InChI is InChI=1S/C19H19N3O3S/c23-14-17-16-8-4-5-9-18(16)22(19(17)21-12-10-20-11-13-21)26(24,25)15-6-2-1-3-7-15/h1-9,14,20H,10-13H2. The van der Waals surface area contributed by atoms with Crippen LogP contribution in [-0.4, -0.2) is 44.9 Å². The Kier molecular flexibility index (Phi) is 4.26. The summed E-state index contributed by atoms with van der Waals surface area (Å²) in [6.07, 6.45) is 0.761. The molecule has 0 radical (unpaired) electrons. The molecule has 2 heterocycles. The van der Waals surface area contributed by atoms with E-state index in [1.807, 2.05) is 11.0 Å². The van der Waals surface area contributed by atoms with Crippen molar-refractivity contribution >= 4 is 33.0 Å². The highest BCUT2D eigenvalue weighted by Crippen LogP contribution is 2.35. The van der Waals surface area contributed by atoms with Crippen LogP contribution in [0.3, 0.4) is 0 Å². The lowest BCUT2D eigenvalue weighted by atomic mass is 10.2. The molecule has 134 valence electrons. The minimum atomic E-state index is -3.84. The highest BCUT2D eigenvalue weighted by Gasteiger charge is 2.30. The molecular weight excluding hydrogens is 350 g/mol. The quantitative estimate of drug-likeness (QED) is 0.713. The molecule has 1 aromatic heterocycles. The van der Waals surface area contributed by atoms with Gasteiger partial charge in [0.15, 0.2) is 6.29 Å². The summed E-state index contributed by atoms with van der Waals surface area (Å²) in [6.45, 7) is 2.76. The van der Waals surface area contributed by atoms with Crippen molar-refractivity contribution in [2.45, 2.75) is 4.90 Å². The second-order valence-electron chi connectivity index (χ2n) is 6.19. The number of para-hydroxylation sites is 1. The number of hydrogen-bond acceptors (Lipinski definition) is 5. The number of aldehydes is 1. The molecule has 4 rings (SSSR count). The molecule has 1 N–H and O–H groups in total. The minimum absolute atomic E-state index is 0.203. The van der Waals surface area contributed by atoms with Crippen LogP contribution in [0.4, 0.5) is 5.82 Å². The molecule has 3 aromatic rings. The average molecular weight is 369 g/mol. The van der Waals surface area contributed by atoms with Crippen molar-refractivity contribution < 1.29 is 13.2 Å². The van der Waals surface area contributed by atoms with Crippen molar-refractivity contribution in [3.63, 3.8) is 0 Å². The summed E-state index contributed by atoms with van der Waals surface area (Å²) in [5.41, 5.74) is 0.939. The Morgan fingerprint density at radius 1 is 0.923 bits per heavy atom. The predicted octanol–water partition coefficient (Wildman–Crippen LogP) is 2.10. The summed E-state index contributed by atoms with van der Waals surface area (Å²) in [5, 5.41) is 3.91. The molecular formula is C19H19N3O3S.